The van der Waals surface area contributed by atoms with E-state index < -0.39 is 0 Å². The lowest BCUT2D eigenvalue weighted by Gasteiger charge is -2.33. The van der Waals surface area contributed by atoms with Crippen molar-refractivity contribution in [1.29, 1.82) is 0 Å². The standard InChI is InChI=1S/C17H26N2S/c1-3-12-9-18-17(20-12)10(2)19-16-8-11-7-15(16)14-6-4-5-13(11)14/h9-11,13-16,19H,3-8H2,1-2H3. The highest BCUT2D eigenvalue weighted by Crippen LogP contribution is 2.58. The maximum absolute atomic E-state index is 4.61. The summed E-state index contributed by atoms with van der Waals surface area (Å²) in [5.74, 6) is 4.17. The van der Waals surface area contributed by atoms with Crippen LogP contribution in [0.3, 0.4) is 0 Å². The Balaban J connectivity index is 1.42. The molecule has 2 bridgehead atoms. The Hall–Kier alpha value is -0.410. The van der Waals surface area contributed by atoms with E-state index in [1.54, 1.807) is 0 Å². The van der Waals surface area contributed by atoms with Gasteiger partial charge in [0.15, 0.2) is 0 Å². The molecule has 0 amide bonds. The molecule has 110 valence electrons. The second kappa shape index (κ2) is 5.10. The molecule has 0 saturated heterocycles. The molecule has 4 rings (SSSR count). The second-order valence-corrected chi connectivity index (χ2v) is 8.31. The molecule has 3 heteroatoms. The molecule has 1 N–H and O–H groups in total. The van der Waals surface area contributed by atoms with Crippen molar-refractivity contribution in [3.63, 3.8) is 0 Å². The minimum absolute atomic E-state index is 0.435. The second-order valence-electron chi connectivity index (χ2n) is 7.17. The normalized spacial score (nSPS) is 40.2. The van der Waals surface area contributed by atoms with Gasteiger partial charge in [0.1, 0.15) is 5.01 Å². The molecule has 3 aliphatic carbocycles. The van der Waals surface area contributed by atoms with Crippen molar-refractivity contribution in [1.82, 2.24) is 10.3 Å². The smallest absolute Gasteiger partial charge is 0.109 e. The van der Waals surface area contributed by atoms with Crippen molar-refractivity contribution >= 4 is 11.3 Å². The Morgan fingerprint density at radius 3 is 2.95 bits per heavy atom. The molecule has 1 heterocycles. The summed E-state index contributed by atoms with van der Waals surface area (Å²) in [6.07, 6.45) is 10.7. The molecular formula is C17H26N2S. The fourth-order valence-electron chi connectivity index (χ4n) is 5.34. The minimum Gasteiger partial charge on any atom is -0.305 e. The number of hydrogen-bond acceptors (Lipinski definition) is 3. The number of rotatable bonds is 4. The minimum atomic E-state index is 0.435. The number of aromatic nitrogens is 1. The van der Waals surface area contributed by atoms with Crippen LogP contribution in [0, 0.1) is 23.7 Å². The van der Waals surface area contributed by atoms with Crippen LogP contribution in [-0.4, -0.2) is 11.0 Å². The molecular weight excluding hydrogens is 264 g/mol. The SMILES string of the molecule is CCc1cnc(C(C)NC2CC3CC2C2CCCC32)s1. The van der Waals surface area contributed by atoms with Crippen molar-refractivity contribution in [2.75, 3.05) is 0 Å². The van der Waals surface area contributed by atoms with Crippen LogP contribution < -0.4 is 5.32 Å². The number of hydrogen-bond donors (Lipinski definition) is 1. The zero-order chi connectivity index (χ0) is 13.7. The molecule has 1 aromatic heterocycles. The van der Waals surface area contributed by atoms with Gasteiger partial charge in [0, 0.05) is 17.1 Å². The molecule has 2 nitrogen and oxygen atoms in total. The number of fused-ring (bicyclic) bond motifs is 5. The quantitative estimate of drug-likeness (QED) is 0.899. The lowest BCUT2D eigenvalue weighted by Crippen LogP contribution is -2.40. The fraction of sp³-hybridized carbons (Fsp3) is 0.824. The van der Waals surface area contributed by atoms with Gasteiger partial charge in [-0.05, 0) is 62.7 Å². The summed E-state index contributed by atoms with van der Waals surface area (Å²) in [5.41, 5.74) is 0. The van der Waals surface area contributed by atoms with E-state index in [9.17, 15) is 0 Å². The zero-order valence-corrected chi connectivity index (χ0v) is 13.5. The molecule has 0 radical (unpaired) electrons. The highest BCUT2D eigenvalue weighted by Gasteiger charge is 2.53. The molecule has 0 aromatic carbocycles. The Bertz CT molecular complexity index is 483. The van der Waals surface area contributed by atoms with Gasteiger partial charge >= 0.3 is 0 Å². The van der Waals surface area contributed by atoms with Crippen LogP contribution in [-0.2, 0) is 6.42 Å². The van der Waals surface area contributed by atoms with Crippen molar-refractivity contribution < 1.29 is 0 Å². The summed E-state index contributed by atoms with van der Waals surface area (Å²) in [7, 11) is 0. The Kier molecular flexibility index (Phi) is 3.38. The number of nitrogens with zero attached hydrogens (tertiary/aromatic N) is 1. The average Bonchev–Trinajstić information content (AvgIpc) is 3.19. The van der Waals surface area contributed by atoms with Crippen LogP contribution in [0.4, 0.5) is 0 Å². The van der Waals surface area contributed by atoms with Crippen molar-refractivity contribution in [2.45, 2.75) is 64.5 Å². The summed E-state index contributed by atoms with van der Waals surface area (Å²) >= 11 is 1.89. The maximum atomic E-state index is 4.61. The topological polar surface area (TPSA) is 24.9 Å². The first-order valence-corrected chi connectivity index (χ1v) is 9.28. The fourth-order valence-corrected chi connectivity index (χ4v) is 6.21. The first-order valence-electron chi connectivity index (χ1n) is 8.47. The van der Waals surface area contributed by atoms with Crippen LogP contribution in [0.15, 0.2) is 6.20 Å². The first-order chi connectivity index (χ1) is 9.76. The largest absolute Gasteiger partial charge is 0.305 e. The van der Waals surface area contributed by atoms with Gasteiger partial charge in [-0.3, -0.25) is 0 Å². The number of aryl methyl sites for hydroxylation is 1. The Morgan fingerprint density at radius 1 is 1.30 bits per heavy atom. The van der Waals surface area contributed by atoms with Gasteiger partial charge < -0.3 is 5.32 Å². The third-order valence-electron chi connectivity index (χ3n) is 6.18. The van der Waals surface area contributed by atoms with Crippen LogP contribution in [0.1, 0.15) is 61.9 Å². The van der Waals surface area contributed by atoms with Gasteiger partial charge in [-0.15, -0.1) is 11.3 Å². The van der Waals surface area contributed by atoms with Gasteiger partial charge in [-0.1, -0.05) is 13.3 Å². The molecule has 3 aliphatic rings. The van der Waals surface area contributed by atoms with E-state index in [0.29, 0.717) is 6.04 Å². The highest BCUT2D eigenvalue weighted by molar-refractivity contribution is 7.11. The van der Waals surface area contributed by atoms with Crippen LogP contribution in [0.5, 0.6) is 0 Å². The lowest BCUT2D eigenvalue weighted by atomic mass is 9.79. The van der Waals surface area contributed by atoms with Crippen molar-refractivity contribution in [3.05, 3.63) is 16.1 Å². The van der Waals surface area contributed by atoms with Crippen molar-refractivity contribution in [3.8, 4) is 0 Å². The van der Waals surface area contributed by atoms with Crippen LogP contribution >= 0.6 is 11.3 Å². The molecule has 20 heavy (non-hydrogen) atoms. The van der Waals surface area contributed by atoms with E-state index in [1.807, 2.05) is 11.3 Å². The third-order valence-corrected chi connectivity index (χ3v) is 7.51. The summed E-state index contributed by atoms with van der Waals surface area (Å²) in [6.45, 7) is 4.52. The number of nitrogens with one attached hydrogen (secondary N) is 1. The molecule has 1 aromatic rings. The summed E-state index contributed by atoms with van der Waals surface area (Å²) in [5, 5.41) is 5.21. The highest BCUT2D eigenvalue weighted by atomic mass is 32.1. The summed E-state index contributed by atoms with van der Waals surface area (Å²) < 4.78 is 0. The zero-order valence-electron chi connectivity index (χ0n) is 12.6. The van der Waals surface area contributed by atoms with E-state index in [4.69, 9.17) is 0 Å². The summed E-state index contributed by atoms with van der Waals surface area (Å²) in [6, 6.07) is 1.20. The third kappa shape index (κ3) is 2.05. The molecule has 6 unspecified atom stereocenters. The predicted molar refractivity (Wildman–Crippen MR) is 83.9 cm³/mol. The molecule has 0 aliphatic heterocycles. The molecule has 6 atom stereocenters. The van der Waals surface area contributed by atoms with Crippen molar-refractivity contribution in [2.24, 2.45) is 23.7 Å². The van der Waals surface area contributed by atoms with E-state index in [2.05, 4.69) is 30.3 Å². The van der Waals surface area contributed by atoms with Gasteiger partial charge in [0.2, 0.25) is 0 Å². The van der Waals surface area contributed by atoms with E-state index in [0.717, 1.165) is 36.1 Å². The van der Waals surface area contributed by atoms with Gasteiger partial charge in [0.05, 0.1) is 6.04 Å². The Morgan fingerprint density at radius 2 is 2.15 bits per heavy atom. The monoisotopic (exact) mass is 290 g/mol. The maximum Gasteiger partial charge on any atom is 0.109 e. The average molecular weight is 290 g/mol. The molecule has 0 spiro atoms. The van der Waals surface area contributed by atoms with E-state index >= 15 is 0 Å². The van der Waals surface area contributed by atoms with E-state index in [-0.39, 0.29) is 0 Å². The van der Waals surface area contributed by atoms with Gasteiger partial charge in [0.25, 0.3) is 0 Å². The summed E-state index contributed by atoms with van der Waals surface area (Å²) in [4.78, 5) is 6.03. The van der Waals surface area contributed by atoms with Gasteiger partial charge in [-0.25, -0.2) is 4.98 Å². The molecule has 3 saturated carbocycles. The predicted octanol–water partition coefficient (Wildman–Crippen LogP) is 4.18. The van der Waals surface area contributed by atoms with Gasteiger partial charge in [-0.2, -0.15) is 0 Å². The molecule has 3 fully saturated rings. The number of thiazole rings is 1. The Labute approximate surface area is 126 Å². The van der Waals surface area contributed by atoms with Crippen LogP contribution in [0.25, 0.3) is 0 Å². The lowest BCUT2D eigenvalue weighted by molar-refractivity contribution is 0.200. The van der Waals surface area contributed by atoms with E-state index in [1.165, 1.54) is 42.0 Å². The van der Waals surface area contributed by atoms with Crippen LogP contribution in [0.2, 0.25) is 0 Å². The first kappa shape index (κ1) is 13.3.